The Hall–Kier alpha value is -3.38. The summed E-state index contributed by atoms with van der Waals surface area (Å²) in [6.07, 6.45) is 2.41. The number of benzene rings is 2. The van der Waals surface area contributed by atoms with Gasteiger partial charge in [-0.1, -0.05) is 12.1 Å². The van der Waals surface area contributed by atoms with Gasteiger partial charge in [0.1, 0.15) is 35.6 Å². The third kappa shape index (κ3) is 3.75. The van der Waals surface area contributed by atoms with Crippen molar-refractivity contribution in [3.8, 4) is 11.5 Å². The van der Waals surface area contributed by atoms with Gasteiger partial charge in [-0.25, -0.2) is 4.39 Å². The van der Waals surface area contributed by atoms with Crippen molar-refractivity contribution in [3.63, 3.8) is 0 Å². The Morgan fingerprint density at radius 2 is 1.94 bits per heavy atom. The fourth-order valence-corrected chi connectivity index (χ4v) is 4.02. The lowest BCUT2D eigenvalue weighted by atomic mass is 9.98. The molecule has 158 valence electrons. The molecule has 0 aliphatic carbocycles. The number of allylic oxidation sites excluding steroid dienone is 1. The fourth-order valence-electron chi connectivity index (χ4n) is 4.02. The smallest absolute Gasteiger partial charge is 0.232 e. The molecule has 3 heterocycles. The van der Waals surface area contributed by atoms with Gasteiger partial charge in [-0.05, 0) is 61.7 Å². The zero-order valence-corrected chi connectivity index (χ0v) is 17.4. The monoisotopic (exact) mass is 419 g/mol. The van der Waals surface area contributed by atoms with E-state index in [9.17, 15) is 9.18 Å². The summed E-state index contributed by atoms with van der Waals surface area (Å²) < 4.78 is 30.7. The Labute approximate surface area is 179 Å². The number of ketones is 1. The lowest BCUT2D eigenvalue weighted by molar-refractivity contribution is 0.0949. The van der Waals surface area contributed by atoms with Crippen molar-refractivity contribution < 1.29 is 23.1 Å². The summed E-state index contributed by atoms with van der Waals surface area (Å²) in [5.74, 6) is 2.54. The van der Waals surface area contributed by atoms with Gasteiger partial charge in [0, 0.05) is 19.2 Å². The maximum absolute atomic E-state index is 13.1. The Morgan fingerprint density at radius 3 is 2.68 bits per heavy atom. The Bertz CT molecular complexity index is 1190. The van der Waals surface area contributed by atoms with E-state index in [1.807, 2.05) is 32.0 Å². The van der Waals surface area contributed by atoms with Crippen LogP contribution in [0.15, 0.2) is 52.6 Å². The molecule has 31 heavy (non-hydrogen) atoms. The highest BCUT2D eigenvalue weighted by atomic mass is 19.1. The van der Waals surface area contributed by atoms with E-state index in [-0.39, 0.29) is 17.4 Å². The molecule has 0 saturated carbocycles. The number of Topliss-reactive ketones (excluding diaryl/α,β-unsaturated/α-hetero) is 1. The van der Waals surface area contributed by atoms with Crippen LogP contribution < -0.4 is 9.47 Å². The second-order valence-electron chi connectivity index (χ2n) is 7.96. The van der Waals surface area contributed by atoms with Crippen LogP contribution in [0.5, 0.6) is 11.5 Å². The predicted molar refractivity (Wildman–Crippen MR) is 114 cm³/mol. The van der Waals surface area contributed by atoms with Crippen LogP contribution in [-0.2, 0) is 13.0 Å². The van der Waals surface area contributed by atoms with E-state index in [4.69, 9.17) is 13.9 Å². The Morgan fingerprint density at radius 1 is 1.13 bits per heavy atom. The third-order valence-electron chi connectivity index (χ3n) is 5.65. The van der Waals surface area contributed by atoms with Gasteiger partial charge in [-0.3, -0.25) is 9.69 Å². The predicted octanol–water partition coefficient (Wildman–Crippen LogP) is 5.05. The Kier molecular flexibility index (Phi) is 4.87. The maximum atomic E-state index is 13.1. The van der Waals surface area contributed by atoms with E-state index < -0.39 is 0 Å². The fraction of sp³-hybridized carbons (Fsp3) is 0.240. The first kappa shape index (κ1) is 19.6. The highest BCUT2D eigenvalue weighted by molar-refractivity contribution is 6.15. The summed E-state index contributed by atoms with van der Waals surface area (Å²) in [4.78, 5) is 15.2. The molecule has 0 radical (unpaired) electrons. The molecule has 0 fully saturated rings. The Balaban J connectivity index is 1.39. The van der Waals surface area contributed by atoms with Gasteiger partial charge in [0.15, 0.2) is 5.76 Å². The van der Waals surface area contributed by atoms with Crippen molar-refractivity contribution in [2.24, 2.45) is 0 Å². The number of hydrogen-bond acceptors (Lipinski definition) is 5. The average molecular weight is 419 g/mol. The molecule has 3 aromatic rings. The molecule has 0 N–H and O–H groups in total. The molecule has 6 heteroatoms. The van der Waals surface area contributed by atoms with E-state index >= 15 is 0 Å². The van der Waals surface area contributed by atoms with Gasteiger partial charge in [0.05, 0.1) is 11.1 Å². The van der Waals surface area contributed by atoms with E-state index in [0.717, 1.165) is 41.2 Å². The van der Waals surface area contributed by atoms with E-state index in [0.29, 0.717) is 30.3 Å². The van der Waals surface area contributed by atoms with Crippen LogP contribution in [0.3, 0.4) is 0 Å². The van der Waals surface area contributed by atoms with Crippen LogP contribution in [0.25, 0.3) is 6.08 Å². The van der Waals surface area contributed by atoms with Gasteiger partial charge < -0.3 is 13.9 Å². The largest absolute Gasteiger partial charge is 0.478 e. The number of halogens is 1. The first-order valence-corrected chi connectivity index (χ1v) is 10.2. The van der Waals surface area contributed by atoms with Crippen LogP contribution in [-0.4, -0.2) is 24.0 Å². The second kappa shape index (κ2) is 7.71. The summed E-state index contributed by atoms with van der Waals surface area (Å²) in [5, 5.41) is 0. The summed E-state index contributed by atoms with van der Waals surface area (Å²) in [7, 11) is 0. The quantitative estimate of drug-likeness (QED) is 0.554. The first-order chi connectivity index (χ1) is 15.0. The number of furan rings is 1. The maximum Gasteiger partial charge on any atom is 0.232 e. The molecule has 1 aromatic heterocycles. The second-order valence-corrected chi connectivity index (χ2v) is 7.96. The lowest BCUT2D eigenvalue weighted by Gasteiger charge is -2.30. The number of carbonyl (C=O) groups excluding carboxylic acids is 1. The molecule has 0 amide bonds. The molecule has 0 bridgehead atoms. The van der Waals surface area contributed by atoms with Gasteiger partial charge in [-0.15, -0.1) is 0 Å². The minimum atomic E-state index is -0.236. The molecule has 0 unspecified atom stereocenters. The van der Waals surface area contributed by atoms with Crippen molar-refractivity contribution in [1.29, 1.82) is 0 Å². The topological polar surface area (TPSA) is 51.9 Å². The van der Waals surface area contributed by atoms with Crippen molar-refractivity contribution in [2.45, 2.75) is 26.8 Å². The first-order valence-electron chi connectivity index (χ1n) is 10.2. The van der Waals surface area contributed by atoms with Crippen molar-refractivity contribution in [2.75, 3.05) is 13.3 Å². The van der Waals surface area contributed by atoms with Crippen LogP contribution in [0.1, 0.15) is 38.6 Å². The van der Waals surface area contributed by atoms with Crippen LogP contribution in [0, 0.1) is 19.7 Å². The minimum Gasteiger partial charge on any atom is -0.478 e. The SMILES string of the molecule is Cc1ccc(/C=C2/Oc3c4c(cc(C)c3C2=O)OCN(CCc2ccc(F)cc2)C4)o1. The lowest BCUT2D eigenvalue weighted by Crippen LogP contribution is -2.33. The summed E-state index contributed by atoms with van der Waals surface area (Å²) in [6.45, 7) is 5.56. The van der Waals surface area contributed by atoms with Gasteiger partial charge >= 0.3 is 0 Å². The van der Waals surface area contributed by atoms with E-state index in [1.54, 1.807) is 18.2 Å². The van der Waals surface area contributed by atoms with Crippen molar-refractivity contribution in [1.82, 2.24) is 4.90 Å². The number of rotatable bonds is 4. The molecular weight excluding hydrogens is 397 g/mol. The van der Waals surface area contributed by atoms with E-state index in [2.05, 4.69) is 4.90 Å². The highest BCUT2D eigenvalue weighted by Crippen LogP contribution is 2.44. The van der Waals surface area contributed by atoms with Gasteiger partial charge in [0.2, 0.25) is 5.78 Å². The summed E-state index contributed by atoms with van der Waals surface area (Å²) in [6, 6.07) is 12.1. The number of fused-ring (bicyclic) bond motifs is 3. The average Bonchev–Trinajstić information content (AvgIpc) is 3.31. The molecule has 2 aromatic carbocycles. The van der Waals surface area contributed by atoms with Crippen LogP contribution in [0.4, 0.5) is 4.39 Å². The third-order valence-corrected chi connectivity index (χ3v) is 5.65. The molecular formula is C25H22FNO4. The molecule has 5 nitrogen and oxygen atoms in total. The van der Waals surface area contributed by atoms with E-state index in [1.165, 1.54) is 12.1 Å². The molecule has 2 aliphatic rings. The summed E-state index contributed by atoms with van der Waals surface area (Å²) in [5.41, 5.74) is 3.35. The zero-order valence-electron chi connectivity index (χ0n) is 17.4. The number of nitrogens with zero attached hydrogens (tertiary/aromatic N) is 1. The highest BCUT2D eigenvalue weighted by Gasteiger charge is 2.35. The number of carbonyl (C=O) groups is 1. The van der Waals surface area contributed by atoms with Gasteiger partial charge in [-0.2, -0.15) is 0 Å². The minimum absolute atomic E-state index is 0.146. The molecule has 5 rings (SSSR count). The van der Waals surface area contributed by atoms with Gasteiger partial charge in [0.25, 0.3) is 0 Å². The molecule has 0 atom stereocenters. The molecule has 2 aliphatic heterocycles. The molecule has 0 spiro atoms. The van der Waals surface area contributed by atoms with Crippen LogP contribution >= 0.6 is 0 Å². The number of hydrogen-bond donors (Lipinski definition) is 0. The number of aryl methyl sites for hydroxylation is 2. The standard InChI is InChI=1S/C25H22FNO4/c1-15-11-21-20(13-27(14-29-21)10-9-17-4-6-18(26)7-5-17)25-23(15)24(28)22(31-25)12-19-8-3-16(2)30-19/h3-8,11-12H,9-10,13-14H2,1-2H3/b22-12+. The van der Waals surface area contributed by atoms with Crippen molar-refractivity contribution >= 4 is 11.9 Å². The zero-order chi connectivity index (χ0) is 21.5. The normalized spacial score (nSPS) is 16.7. The van der Waals surface area contributed by atoms with Crippen molar-refractivity contribution in [3.05, 3.63) is 87.8 Å². The number of ether oxygens (including phenoxy) is 2. The molecule has 0 saturated heterocycles. The van der Waals surface area contributed by atoms with Crippen LogP contribution in [0.2, 0.25) is 0 Å². The summed E-state index contributed by atoms with van der Waals surface area (Å²) >= 11 is 0.